The van der Waals surface area contributed by atoms with E-state index < -0.39 is 0 Å². The molecule has 0 aliphatic heterocycles. The van der Waals surface area contributed by atoms with E-state index in [0.29, 0.717) is 11.5 Å². The number of benzene rings is 2. The fourth-order valence-corrected chi connectivity index (χ4v) is 2.24. The molecule has 0 saturated carbocycles. The van der Waals surface area contributed by atoms with E-state index in [-0.39, 0.29) is 12.5 Å². The first-order valence-electron chi connectivity index (χ1n) is 8.17. The number of ether oxygens (including phenoxy) is 1. The minimum Gasteiger partial charge on any atom is -0.483 e. The molecule has 0 heterocycles. The number of carbonyl (C=O) groups excluding carboxylic acids is 1. The van der Waals surface area contributed by atoms with Gasteiger partial charge in [-0.05, 0) is 41.7 Å². The molecule has 0 saturated heterocycles. The predicted octanol–water partition coefficient (Wildman–Crippen LogP) is 3.60. The maximum absolute atomic E-state index is 11.9. The zero-order chi connectivity index (χ0) is 18.1. The van der Waals surface area contributed by atoms with Gasteiger partial charge in [-0.25, -0.2) is 5.43 Å². The van der Waals surface area contributed by atoms with E-state index in [9.17, 15) is 4.79 Å². The summed E-state index contributed by atoms with van der Waals surface area (Å²) in [6.45, 7) is 4.15. The van der Waals surface area contributed by atoms with Crippen LogP contribution in [0.1, 0.15) is 42.9 Å². The third-order valence-electron chi connectivity index (χ3n) is 3.86. The first kappa shape index (κ1) is 18.2. The predicted molar refractivity (Wildman–Crippen MR) is 97.5 cm³/mol. The SMILES string of the molecule is CCC(C)c1ccccc1OCC(=O)N/N=C/c1ccc(C#N)cc1. The van der Waals surface area contributed by atoms with Crippen LogP contribution in [-0.4, -0.2) is 18.7 Å². The van der Waals surface area contributed by atoms with E-state index in [4.69, 9.17) is 10.00 Å². The monoisotopic (exact) mass is 335 g/mol. The van der Waals surface area contributed by atoms with Gasteiger partial charge in [-0.2, -0.15) is 10.4 Å². The van der Waals surface area contributed by atoms with Crippen LogP contribution in [0.4, 0.5) is 0 Å². The molecular formula is C20H21N3O2. The summed E-state index contributed by atoms with van der Waals surface area (Å²) in [5, 5.41) is 12.6. The largest absolute Gasteiger partial charge is 0.483 e. The summed E-state index contributed by atoms with van der Waals surface area (Å²) in [7, 11) is 0. The smallest absolute Gasteiger partial charge is 0.277 e. The quantitative estimate of drug-likeness (QED) is 0.620. The topological polar surface area (TPSA) is 74.5 Å². The number of nitriles is 1. The minimum atomic E-state index is -0.330. The van der Waals surface area contributed by atoms with Crippen molar-refractivity contribution in [3.05, 3.63) is 65.2 Å². The van der Waals surface area contributed by atoms with Crippen molar-refractivity contribution < 1.29 is 9.53 Å². The Morgan fingerprint density at radius 1 is 1.28 bits per heavy atom. The maximum atomic E-state index is 11.9. The lowest BCUT2D eigenvalue weighted by atomic mass is 9.98. The summed E-state index contributed by atoms with van der Waals surface area (Å²) >= 11 is 0. The summed E-state index contributed by atoms with van der Waals surface area (Å²) in [6.07, 6.45) is 2.52. The highest BCUT2D eigenvalue weighted by Gasteiger charge is 2.10. The number of rotatable bonds is 7. The Kier molecular flexibility index (Phi) is 6.73. The van der Waals surface area contributed by atoms with E-state index >= 15 is 0 Å². The summed E-state index contributed by atoms with van der Waals surface area (Å²) < 4.78 is 5.63. The normalized spacial score (nSPS) is 11.7. The second kappa shape index (κ2) is 9.24. The van der Waals surface area contributed by atoms with Crippen molar-refractivity contribution in [2.24, 2.45) is 5.10 Å². The molecular weight excluding hydrogens is 314 g/mol. The van der Waals surface area contributed by atoms with Gasteiger partial charge in [-0.3, -0.25) is 4.79 Å². The molecule has 2 aromatic carbocycles. The number of carbonyl (C=O) groups is 1. The summed E-state index contributed by atoms with van der Waals surface area (Å²) in [5.41, 5.74) is 4.90. The second-order valence-corrected chi connectivity index (χ2v) is 5.66. The molecule has 0 fully saturated rings. The molecule has 5 nitrogen and oxygen atoms in total. The molecule has 2 aromatic rings. The van der Waals surface area contributed by atoms with Crippen LogP contribution in [-0.2, 0) is 4.79 Å². The fourth-order valence-electron chi connectivity index (χ4n) is 2.24. The molecule has 0 aromatic heterocycles. The Hall–Kier alpha value is -3.13. The van der Waals surface area contributed by atoms with Crippen molar-refractivity contribution in [3.8, 4) is 11.8 Å². The zero-order valence-corrected chi connectivity index (χ0v) is 14.4. The Morgan fingerprint density at radius 3 is 2.68 bits per heavy atom. The van der Waals surface area contributed by atoms with Crippen molar-refractivity contribution in [1.29, 1.82) is 5.26 Å². The highest BCUT2D eigenvalue weighted by atomic mass is 16.5. The van der Waals surface area contributed by atoms with E-state index in [1.165, 1.54) is 6.21 Å². The lowest BCUT2D eigenvalue weighted by molar-refractivity contribution is -0.123. The molecule has 2 rings (SSSR count). The molecule has 0 radical (unpaired) electrons. The van der Waals surface area contributed by atoms with Crippen LogP contribution in [0.25, 0.3) is 0 Å². The van der Waals surface area contributed by atoms with Gasteiger partial charge in [0.05, 0.1) is 17.8 Å². The van der Waals surface area contributed by atoms with Gasteiger partial charge in [0.1, 0.15) is 5.75 Å². The van der Waals surface area contributed by atoms with Gasteiger partial charge in [0, 0.05) is 0 Å². The van der Waals surface area contributed by atoms with Gasteiger partial charge >= 0.3 is 0 Å². The van der Waals surface area contributed by atoms with E-state index in [1.54, 1.807) is 24.3 Å². The molecule has 0 bridgehead atoms. The molecule has 128 valence electrons. The fraction of sp³-hybridized carbons (Fsp3) is 0.250. The first-order chi connectivity index (χ1) is 12.1. The maximum Gasteiger partial charge on any atom is 0.277 e. The molecule has 0 spiro atoms. The summed E-state index contributed by atoms with van der Waals surface area (Å²) in [6, 6.07) is 16.7. The number of hydrogen-bond acceptors (Lipinski definition) is 4. The molecule has 1 N–H and O–H groups in total. The molecule has 0 aliphatic rings. The number of para-hydroxylation sites is 1. The van der Waals surface area contributed by atoms with Crippen LogP contribution in [0.5, 0.6) is 5.75 Å². The standard InChI is InChI=1S/C20H21N3O2/c1-3-15(2)18-6-4-5-7-19(18)25-14-20(24)23-22-13-17-10-8-16(12-21)9-11-17/h4-11,13,15H,3,14H2,1-2H3,(H,23,24)/b22-13+. The Morgan fingerprint density at radius 2 is 2.00 bits per heavy atom. The molecule has 5 heteroatoms. The minimum absolute atomic E-state index is 0.0990. The number of hydrazone groups is 1. The van der Waals surface area contributed by atoms with Crippen molar-refractivity contribution in [2.45, 2.75) is 26.2 Å². The summed E-state index contributed by atoms with van der Waals surface area (Å²) in [5.74, 6) is 0.764. The lowest BCUT2D eigenvalue weighted by Crippen LogP contribution is -2.24. The second-order valence-electron chi connectivity index (χ2n) is 5.66. The molecule has 0 aliphatic carbocycles. The Labute approximate surface area is 147 Å². The Bertz CT molecular complexity index is 776. The van der Waals surface area contributed by atoms with Crippen LogP contribution in [0.15, 0.2) is 53.6 Å². The van der Waals surface area contributed by atoms with Crippen LogP contribution in [0.3, 0.4) is 0 Å². The van der Waals surface area contributed by atoms with Gasteiger partial charge in [0.2, 0.25) is 0 Å². The summed E-state index contributed by atoms with van der Waals surface area (Å²) in [4.78, 5) is 11.9. The van der Waals surface area contributed by atoms with E-state index in [2.05, 4.69) is 24.4 Å². The van der Waals surface area contributed by atoms with Crippen LogP contribution >= 0.6 is 0 Å². The number of amides is 1. The van der Waals surface area contributed by atoms with Crippen LogP contribution in [0, 0.1) is 11.3 Å². The van der Waals surface area contributed by atoms with Gasteiger partial charge in [0.25, 0.3) is 5.91 Å². The van der Waals surface area contributed by atoms with Crippen molar-refractivity contribution in [1.82, 2.24) is 5.43 Å². The number of nitrogens with one attached hydrogen (secondary N) is 1. The lowest BCUT2D eigenvalue weighted by Gasteiger charge is -2.15. The number of nitrogens with zero attached hydrogens (tertiary/aromatic N) is 2. The molecule has 1 atom stereocenters. The zero-order valence-electron chi connectivity index (χ0n) is 14.4. The van der Waals surface area contributed by atoms with Crippen molar-refractivity contribution in [3.63, 3.8) is 0 Å². The molecule has 1 unspecified atom stereocenters. The number of hydrogen-bond donors (Lipinski definition) is 1. The Balaban J connectivity index is 1.87. The highest BCUT2D eigenvalue weighted by Crippen LogP contribution is 2.28. The van der Waals surface area contributed by atoms with Crippen LogP contribution in [0.2, 0.25) is 0 Å². The van der Waals surface area contributed by atoms with Gasteiger partial charge in [-0.1, -0.05) is 44.2 Å². The van der Waals surface area contributed by atoms with Crippen LogP contribution < -0.4 is 10.2 Å². The van der Waals surface area contributed by atoms with E-state index in [1.807, 2.05) is 30.3 Å². The van der Waals surface area contributed by atoms with E-state index in [0.717, 1.165) is 23.3 Å². The van der Waals surface area contributed by atoms with Gasteiger partial charge < -0.3 is 4.74 Å². The first-order valence-corrected chi connectivity index (χ1v) is 8.17. The molecule has 25 heavy (non-hydrogen) atoms. The molecule has 1 amide bonds. The highest BCUT2D eigenvalue weighted by molar-refractivity contribution is 5.83. The average molecular weight is 335 g/mol. The average Bonchev–Trinajstić information content (AvgIpc) is 2.66. The third-order valence-corrected chi connectivity index (χ3v) is 3.86. The van der Waals surface area contributed by atoms with Crippen molar-refractivity contribution in [2.75, 3.05) is 6.61 Å². The van der Waals surface area contributed by atoms with Crippen molar-refractivity contribution >= 4 is 12.1 Å². The van der Waals surface area contributed by atoms with Gasteiger partial charge in [0.15, 0.2) is 6.61 Å². The van der Waals surface area contributed by atoms with Gasteiger partial charge in [-0.15, -0.1) is 0 Å². The third kappa shape index (κ3) is 5.47.